The highest BCUT2D eigenvalue weighted by atomic mass is 19.1. The van der Waals surface area contributed by atoms with Gasteiger partial charge in [0.1, 0.15) is 41.0 Å². The van der Waals surface area contributed by atoms with Gasteiger partial charge in [0.25, 0.3) is 0 Å². The van der Waals surface area contributed by atoms with Crippen molar-refractivity contribution in [2.75, 3.05) is 37.7 Å². The van der Waals surface area contributed by atoms with Gasteiger partial charge in [0.15, 0.2) is 5.82 Å². The van der Waals surface area contributed by atoms with Gasteiger partial charge in [-0.3, -0.25) is 14.7 Å². The number of Topliss-reactive ketones (excluding diaryl/α,β-unsaturated/α-hetero) is 1. The molecule has 45 heavy (non-hydrogen) atoms. The number of aryl methyl sites for hydroxylation is 1. The van der Waals surface area contributed by atoms with Gasteiger partial charge < -0.3 is 14.7 Å². The monoisotopic (exact) mass is 615 g/mol. The molecule has 0 bridgehead atoms. The highest BCUT2D eigenvalue weighted by molar-refractivity contribution is 6.01. The molecular weight excluding hydrogens is 576 g/mol. The summed E-state index contributed by atoms with van der Waals surface area (Å²) in [4.78, 5) is 30.6. The maximum Gasteiger partial charge on any atom is 0.319 e. The molecule has 0 spiro atoms. The predicted molar refractivity (Wildman–Crippen MR) is 170 cm³/mol. The Morgan fingerprint density at radius 3 is 2.71 bits per heavy atom. The SMILES string of the molecule is CCc1c(F)ccc2cc(O)cc(-c3ncc4c(N5CCC(C(C)=O)CC5)nc(OC[C@@]56CCCN5C[C@H](C)C6)nc4c3F)c12. The first-order valence-corrected chi connectivity index (χ1v) is 16.1. The summed E-state index contributed by atoms with van der Waals surface area (Å²) in [6.45, 7) is 9.42. The van der Waals surface area contributed by atoms with Crippen LogP contribution in [0.1, 0.15) is 58.4 Å². The number of piperidine rings is 1. The number of pyridine rings is 1. The number of aromatic nitrogens is 3. The van der Waals surface area contributed by atoms with Crippen molar-refractivity contribution >= 4 is 33.3 Å². The fraction of sp³-hybridized carbons (Fsp3) is 0.486. The minimum Gasteiger partial charge on any atom is -0.508 e. The molecule has 3 fully saturated rings. The van der Waals surface area contributed by atoms with Gasteiger partial charge in [-0.1, -0.05) is 19.9 Å². The van der Waals surface area contributed by atoms with Crippen molar-refractivity contribution in [2.24, 2.45) is 11.8 Å². The summed E-state index contributed by atoms with van der Waals surface area (Å²) in [5, 5.41) is 12.1. The highest BCUT2D eigenvalue weighted by Gasteiger charge is 2.47. The summed E-state index contributed by atoms with van der Waals surface area (Å²) in [7, 11) is 0. The van der Waals surface area contributed by atoms with E-state index in [0.717, 1.165) is 32.4 Å². The van der Waals surface area contributed by atoms with E-state index < -0.39 is 11.6 Å². The van der Waals surface area contributed by atoms with Crippen molar-refractivity contribution < 1.29 is 23.4 Å². The number of ketones is 1. The third kappa shape index (κ3) is 5.16. The van der Waals surface area contributed by atoms with Crippen molar-refractivity contribution in [1.82, 2.24) is 19.9 Å². The number of halogens is 2. The zero-order valence-electron chi connectivity index (χ0n) is 26.1. The van der Waals surface area contributed by atoms with Gasteiger partial charge in [-0.25, -0.2) is 8.78 Å². The van der Waals surface area contributed by atoms with Gasteiger partial charge in [-0.2, -0.15) is 9.97 Å². The first-order valence-electron chi connectivity index (χ1n) is 16.1. The quantitative estimate of drug-likeness (QED) is 0.254. The molecule has 0 unspecified atom stereocenters. The smallest absolute Gasteiger partial charge is 0.319 e. The molecule has 5 heterocycles. The Bertz CT molecular complexity index is 1810. The van der Waals surface area contributed by atoms with Gasteiger partial charge in [-0.05, 0) is 92.4 Å². The molecule has 10 heteroatoms. The van der Waals surface area contributed by atoms with Crippen LogP contribution in [-0.4, -0.2) is 69.1 Å². The molecule has 2 aromatic carbocycles. The normalized spacial score (nSPS) is 22.4. The minimum absolute atomic E-state index is 0.00413. The molecule has 0 aliphatic carbocycles. The number of nitrogens with zero attached hydrogens (tertiary/aromatic N) is 5. The van der Waals surface area contributed by atoms with Crippen LogP contribution < -0.4 is 9.64 Å². The Morgan fingerprint density at radius 2 is 1.96 bits per heavy atom. The van der Waals surface area contributed by atoms with E-state index in [1.165, 1.54) is 12.1 Å². The number of rotatable bonds is 7. The van der Waals surface area contributed by atoms with Crippen molar-refractivity contribution in [3.63, 3.8) is 0 Å². The Kier molecular flexibility index (Phi) is 7.58. The Hall–Kier alpha value is -3.92. The van der Waals surface area contributed by atoms with E-state index in [1.54, 1.807) is 25.3 Å². The van der Waals surface area contributed by atoms with Crippen LogP contribution in [0.25, 0.3) is 32.9 Å². The summed E-state index contributed by atoms with van der Waals surface area (Å²) >= 11 is 0. The molecule has 0 amide bonds. The molecule has 3 aliphatic heterocycles. The van der Waals surface area contributed by atoms with Gasteiger partial charge in [0.05, 0.1) is 10.9 Å². The zero-order chi connectivity index (χ0) is 31.5. The average molecular weight is 616 g/mol. The number of hydrogen-bond donors (Lipinski definition) is 1. The zero-order valence-corrected chi connectivity index (χ0v) is 26.1. The molecule has 2 aromatic heterocycles. The molecule has 3 saturated heterocycles. The average Bonchev–Trinajstić information content (AvgIpc) is 3.55. The summed E-state index contributed by atoms with van der Waals surface area (Å²) in [6.07, 6.45) is 6.50. The van der Waals surface area contributed by atoms with Crippen molar-refractivity contribution in [1.29, 1.82) is 0 Å². The molecule has 2 atom stereocenters. The Balaban J connectivity index is 1.35. The molecular formula is C35H39F2N5O3. The summed E-state index contributed by atoms with van der Waals surface area (Å²) in [6, 6.07) is 6.02. The number of phenolic OH excluding ortho intramolecular Hbond substituents is 1. The molecule has 0 radical (unpaired) electrons. The van der Waals surface area contributed by atoms with E-state index in [2.05, 4.69) is 26.7 Å². The van der Waals surface area contributed by atoms with Crippen LogP contribution >= 0.6 is 0 Å². The van der Waals surface area contributed by atoms with Gasteiger partial charge in [-0.15, -0.1) is 0 Å². The van der Waals surface area contributed by atoms with Crippen LogP contribution in [0.5, 0.6) is 11.8 Å². The number of carbonyl (C=O) groups excluding carboxylic acids is 1. The standard InChI is InChI=1S/C35H39F2N5O3/c1-4-25-28(36)7-6-23-14-24(44)15-26(29(23)25)31-30(37)32-27(17-38-31)33(41-12-8-22(9-13-41)21(3)43)40-34(39-32)45-19-35-10-5-11-42(35)18-20(2)16-35/h6-7,14-15,17,20,22,44H,4-5,8-13,16,18-19H2,1-3H3/t20-,35+/m1/s1. The third-order valence-electron chi connectivity index (χ3n) is 10.2. The second kappa shape index (κ2) is 11.5. The molecule has 3 aliphatic rings. The van der Waals surface area contributed by atoms with Crippen molar-refractivity contribution in [3.8, 4) is 23.0 Å². The molecule has 1 N–H and O–H groups in total. The second-order valence-electron chi connectivity index (χ2n) is 13.2. The predicted octanol–water partition coefficient (Wildman–Crippen LogP) is 6.45. The second-order valence-corrected chi connectivity index (χ2v) is 13.2. The fourth-order valence-electron chi connectivity index (χ4n) is 8.07. The fourth-order valence-corrected chi connectivity index (χ4v) is 8.07. The number of anilines is 1. The first-order chi connectivity index (χ1) is 21.7. The lowest BCUT2D eigenvalue weighted by atomic mass is 9.92. The van der Waals surface area contributed by atoms with Crippen LogP contribution in [0.2, 0.25) is 0 Å². The molecule has 0 saturated carbocycles. The van der Waals surface area contributed by atoms with E-state index >= 15 is 4.39 Å². The maximum absolute atomic E-state index is 16.8. The van der Waals surface area contributed by atoms with Crippen LogP contribution in [-0.2, 0) is 11.2 Å². The number of hydrogen-bond acceptors (Lipinski definition) is 8. The van der Waals surface area contributed by atoms with Crippen LogP contribution in [0, 0.1) is 23.5 Å². The van der Waals surface area contributed by atoms with Gasteiger partial charge in [0.2, 0.25) is 0 Å². The lowest BCUT2D eigenvalue weighted by Gasteiger charge is -2.33. The molecule has 8 nitrogen and oxygen atoms in total. The number of fused-ring (bicyclic) bond motifs is 3. The van der Waals surface area contributed by atoms with E-state index in [0.29, 0.717) is 78.0 Å². The number of carbonyl (C=O) groups is 1. The summed E-state index contributed by atoms with van der Waals surface area (Å²) in [5.41, 5.74) is 0.683. The lowest BCUT2D eigenvalue weighted by molar-refractivity contribution is -0.121. The van der Waals surface area contributed by atoms with Crippen molar-refractivity contribution in [3.05, 3.63) is 47.7 Å². The Labute approximate surface area is 261 Å². The number of phenols is 1. The first kappa shape index (κ1) is 29.8. The van der Waals surface area contributed by atoms with E-state index in [1.807, 2.05) is 6.92 Å². The summed E-state index contributed by atoms with van der Waals surface area (Å²) < 4.78 is 38.1. The topological polar surface area (TPSA) is 91.7 Å². The van der Waals surface area contributed by atoms with Crippen molar-refractivity contribution in [2.45, 2.75) is 64.8 Å². The van der Waals surface area contributed by atoms with Gasteiger partial charge >= 0.3 is 6.01 Å². The lowest BCUT2D eigenvalue weighted by Crippen LogP contribution is -2.43. The molecule has 7 rings (SSSR count). The van der Waals surface area contributed by atoms with E-state index in [4.69, 9.17) is 9.72 Å². The van der Waals surface area contributed by atoms with E-state index in [9.17, 15) is 14.3 Å². The van der Waals surface area contributed by atoms with Crippen LogP contribution in [0.3, 0.4) is 0 Å². The van der Waals surface area contributed by atoms with Gasteiger partial charge in [0, 0.05) is 37.3 Å². The number of benzene rings is 2. The number of aromatic hydroxyl groups is 1. The largest absolute Gasteiger partial charge is 0.508 e. The van der Waals surface area contributed by atoms with Crippen LogP contribution in [0.4, 0.5) is 14.6 Å². The highest BCUT2D eigenvalue weighted by Crippen LogP contribution is 2.43. The van der Waals surface area contributed by atoms with Crippen LogP contribution in [0.15, 0.2) is 30.5 Å². The Morgan fingerprint density at radius 1 is 1.16 bits per heavy atom. The summed E-state index contributed by atoms with van der Waals surface area (Å²) in [5.74, 6) is 0.120. The maximum atomic E-state index is 16.8. The third-order valence-corrected chi connectivity index (χ3v) is 10.2. The van der Waals surface area contributed by atoms with E-state index in [-0.39, 0.29) is 40.2 Å². The molecule has 4 aromatic rings. The number of ether oxygens (including phenoxy) is 1. The molecule has 236 valence electrons. The minimum atomic E-state index is -0.687.